The van der Waals surface area contributed by atoms with Crippen LogP contribution in [0.1, 0.15) is 37.5 Å². The van der Waals surface area contributed by atoms with E-state index in [1.165, 1.54) is 11.1 Å². The predicted molar refractivity (Wildman–Crippen MR) is 103 cm³/mol. The van der Waals surface area contributed by atoms with Crippen LogP contribution in [0, 0.1) is 13.8 Å². The second kappa shape index (κ2) is 8.06. The summed E-state index contributed by atoms with van der Waals surface area (Å²) in [7, 11) is 0. The Labute approximate surface area is 150 Å². The van der Waals surface area contributed by atoms with Crippen molar-refractivity contribution in [2.75, 3.05) is 11.9 Å². The summed E-state index contributed by atoms with van der Waals surface area (Å²) in [6, 6.07) is 14.2. The molecule has 0 spiro atoms. The summed E-state index contributed by atoms with van der Waals surface area (Å²) in [6.07, 6.45) is 0. The average Bonchev–Trinajstić information content (AvgIpc) is 2.53. The molecule has 2 N–H and O–H groups in total. The summed E-state index contributed by atoms with van der Waals surface area (Å²) in [5.41, 5.74) is 4.60. The van der Waals surface area contributed by atoms with Crippen LogP contribution in [0.3, 0.4) is 0 Å². The topological polar surface area (TPSA) is 50.4 Å². The first kappa shape index (κ1) is 18.8. The molecule has 0 aliphatic rings. The number of carbonyl (C=O) groups excluding carboxylic acids is 1. The Morgan fingerprint density at radius 2 is 1.68 bits per heavy atom. The number of rotatable bonds is 6. The molecule has 0 heterocycles. The smallest absolute Gasteiger partial charge is 0.258 e. The number of ether oxygens (including phenoxy) is 1. The molecule has 0 bridgehead atoms. The highest BCUT2D eigenvalue weighted by atomic mass is 16.5. The second-order valence-electron chi connectivity index (χ2n) is 7.38. The van der Waals surface area contributed by atoms with Crippen LogP contribution in [0.25, 0.3) is 0 Å². The fourth-order valence-corrected chi connectivity index (χ4v) is 2.36. The van der Waals surface area contributed by atoms with Crippen LogP contribution in [0.2, 0.25) is 0 Å². The number of benzene rings is 2. The molecule has 1 amide bonds. The van der Waals surface area contributed by atoms with Gasteiger partial charge in [0.25, 0.3) is 5.91 Å². The van der Waals surface area contributed by atoms with E-state index in [0.717, 1.165) is 17.8 Å². The van der Waals surface area contributed by atoms with Crippen molar-refractivity contribution in [3.05, 3.63) is 59.2 Å². The van der Waals surface area contributed by atoms with Crippen LogP contribution in [-0.4, -0.2) is 18.1 Å². The van der Waals surface area contributed by atoms with Crippen molar-refractivity contribution in [3.8, 4) is 5.75 Å². The lowest BCUT2D eigenvalue weighted by molar-refractivity contribution is -0.124. The van der Waals surface area contributed by atoms with Gasteiger partial charge in [-0.05, 0) is 75.6 Å². The number of hydrogen-bond acceptors (Lipinski definition) is 3. The Hall–Kier alpha value is -2.49. The third-order valence-electron chi connectivity index (χ3n) is 3.81. The summed E-state index contributed by atoms with van der Waals surface area (Å²) in [5.74, 6) is 0.576. The lowest BCUT2D eigenvalue weighted by atomic mass is 10.1. The third-order valence-corrected chi connectivity index (χ3v) is 3.81. The molecule has 0 aromatic heterocycles. The standard InChI is InChI=1S/C21H28N2O2/c1-15-6-9-18(12-16(15)2)22-13-17-7-10-19(11-8-17)25-14-20(24)23-21(3,4)5/h6-12,22H,13-14H2,1-5H3,(H,23,24). The average molecular weight is 340 g/mol. The van der Waals surface area contributed by atoms with Gasteiger partial charge in [-0.3, -0.25) is 4.79 Å². The van der Waals surface area contributed by atoms with Gasteiger partial charge in [0.2, 0.25) is 0 Å². The maximum absolute atomic E-state index is 11.8. The van der Waals surface area contributed by atoms with E-state index in [9.17, 15) is 4.79 Å². The van der Waals surface area contributed by atoms with Gasteiger partial charge in [0.05, 0.1) is 0 Å². The molecule has 4 heteroatoms. The number of aryl methyl sites for hydroxylation is 2. The van der Waals surface area contributed by atoms with Gasteiger partial charge in [-0.15, -0.1) is 0 Å². The van der Waals surface area contributed by atoms with Crippen molar-refractivity contribution >= 4 is 11.6 Å². The van der Waals surface area contributed by atoms with Crippen LogP contribution in [0.5, 0.6) is 5.75 Å². The van der Waals surface area contributed by atoms with E-state index in [0.29, 0.717) is 5.75 Å². The molecule has 0 radical (unpaired) electrons. The van der Waals surface area contributed by atoms with Gasteiger partial charge in [-0.2, -0.15) is 0 Å². The minimum Gasteiger partial charge on any atom is -0.484 e. The maximum atomic E-state index is 11.8. The molecule has 134 valence electrons. The van der Waals surface area contributed by atoms with E-state index < -0.39 is 0 Å². The summed E-state index contributed by atoms with van der Waals surface area (Å²) in [4.78, 5) is 11.8. The number of hydrogen-bond donors (Lipinski definition) is 2. The van der Waals surface area contributed by atoms with Crippen molar-refractivity contribution in [2.45, 2.75) is 46.7 Å². The van der Waals surface area contributed by atoms with Crippen LogP contribution in [0.4, 0.5) is 5.69 Å². The molecule has 0 aliphatic carbocycles. The Bertz CT molecular complexity index is 716. The van der Waals surface area contributed by atoms with Gasteiger partial charge in [-0.25, -0.2) is 0 Å². The fraction of sp³-hybridized carbons (Fsp3) is 0.381. The highest BCUT2D eigenvalue weighted by molar-refractivity contribution is 5.78. The number of anilines is 1. The van der Waals surface area contributed by atoms with Gasteiger partial charge in [0.15, 0.2) is 6.61 Å². The summed E-state index contributed by atoms with van der Waals surface area (Å²) >= 11 is 0. The van der Waals surface area contributed by atoms with Crippen molar-refractivity contribution in [1.29, 1.82) is 0 Å². The van der Waals surface area contributed by atoms with E-state index in [1.54, 1.807) is 0 Å². The number of nitrogens with one attached hydrogen (secondary N) is 2. The Morgan fingerprint density at radius 1 is 1.00 bits per heavy atom. The predicted octanol–water partition coefficient (Wildman–Crippen LogP) is 4.21. The molecule has 2 aromatic rings. The van der Waals surface area contributed by atoms with Gasteiger partial charge < -0.3 is 15.4 Å². The fourth-order valence-electron chi connectivity index (χ4n) is 2.36. The zero-order valence-electron chi connectivity index (χ0n) is 15.8. The molecule has 0 unspecified atom stereocenters. The Kier molecular flexibility index (Phi) is 6.07. The molecular formula is C21H28N2O2. The van der Waals surface area contributed by atoms with Crippen LogP contribution >= 0.6 is 0 Å². The molecule has 0 aliphatic heterocycles. The van der Waals surface area contributed by atoms with E-state index in [2.05, 4.69) is 42.7 Å². The van der Waals surface area contributed by atoms with Crippen LogP contribution < -0.4 is 15.4 Å². The molecule has 4 nitrogen and oxygen atoms in total. The lowest BCUT2D eigenvalue weighted by Crippen LogP contribution is -2.43. The first-order valence-corrected chi connectivity index (χ1v) is 8.57. The molecule has 0 saturated carbocycles. The van der Waals surface area contributed by atoms with Crippen molar-refractivity contribution in [3.63, 3.8) is 0 Å². The Balaban J connectivity index is 1.83. The number of carbonyl (C=O) groups is 1. The quantitative estimate of drug-likeness (QED) is 0.828. The highest BCUT2D eigenvalue weighted by Gasteiger charge is 2.13. The maximum Gasteiger partial charge on any atom is 0.258 e. The zero-order chi connectivity index (χ0) is 18.4. The Morgan fingerprint density at radius 3 is 2.28 bits per heavy atom. The van der Waals surface area contributed by atoms with E-state index in [4.69, 9.17) is 4.74 Å². The van der Waals surface area contributed by atoms with Crippen LogP contribution in [0.15, 0.2) is 42.5 Å². The minimum atomic E-state index is -0.246. The van der Waals surface area contributed by atoms with Crippen LogP contribution in [-0.2, 0) is 11.3 Å². The lowest BCUT2D eigenvalue weighted by Gasteiger charge is -2.20. The monoisotopic (exact) mass is 340 g/mol. The molecule has 0 saturated heterocycles. The highest BCUT2D eigenvalue weighted by Crippen LogP contribution is 2.17. The van der Waals surface area contributed by atoms with E-state index >= 15 is 0 Å². The third kappa shape index (κ3) is 6.49. The van der Waals surface area contributed by atoms with Gasteiger partial charge in [0, 0.05) is 17.8 Å². The van der Waals surface area contributed by atoms with Crippen molar-refractivity contribution in [1.82, 2.24) is 5.32 Å². The van der Waals surface area contributed by atoms with Crippen molar-refractivity contribution < 1.29 is 9.53 Å². The summed E-state index contributed by atoms with van der Waals surface area (Å²) < 4.78 is 5.53. The van der Waals surface area contributed by atoms with Gasteiger partial charge in [-0.1, -0.05) is 18.2 Å². The summed E-state index contributed by atoms with van der Waals surface area (Å²) in [5, 5.41) is 6.29. The molecule has 2 rings (SSSR count). The molecule has 2 aromatic carbocycles. The van der Waals surface area contributed by atoms with Gasteiger partial charge in [0.1, 0.15) is 5.75 Å². The van der Waals surface area contributed by atoms with E-state index in [-0.39, 0.29) is 18.1 Å². The molecular weight excluding hydrogens is 312 g/mol. The second-order valence-corrected chi connectivity index (χ2v) is 7.38. The summed E-state index contributed by atoms with van der Waals surface area (Å²) in [6.45, 7) is 10.8. The molecule has 0 atom stereocenters. The van der Waals surface area contributed by atoms with Crippen molar-refractivity contribution in [2.24, 2.45) is 0 Å². The van der Waals surface area contributed by atoms with E-state index in [1.807, 2.05) is 45.0 Å². The largest absolute Gasteiger partial charge is 0.484 e. The number of amides is 1. The first-order chi connectivity index (χ1) is 11.7. The molecule has 0 fully saturated rings. The SMILES string of the molecule is Cc1ccc(NCc2ccc(OCC(=O)NC(C)(C)C)cc2)cc1C. The van der Waals surface area contributed by atoms with Gasteiger partial charge >= 0.3 is 0 Å². The minimum absolute atomic E-state index is 0.0253. The zero-order valence-corrected chi connectivity index (χ0v) is 15.8. The molecule has 25 heavy (non-hydrogen) atoms. The normalized spacial score (nSPS) is 11.1. The first-order valence-electron chi connectivity index (χ1n) is 8.57.